The molecule has 0 atom stereocenters. The summed E-state index contributed by atoms with van der Waals surface area (Å²) < 4.78 is 12.8. The van der Waals surface area contributed by atoms with Crippen LogP contribution in [0.5, 0.6) is 0 Å². The Balaban J connectivity index is 0.00000612. The van der Waals surface area contributed by atoms with Gasteiger partial charge in [0.2, 0.25) is 11.8 Å². The zero-order valence-corrected chi connectivity index (χ0v) is 25.7. The number of quaternary nitrogens is 2. The van der Waals surface area contributed by atoms with E-state index < -0.39 is 0 Å². The van der Waals surface area contributed by atoms with E-state index in [4.69, 9.17) is 19.1 Å². The molecule has 10 heteroatoms. The van der Waals surface area contributed by atoms with Crippen LogP contribution in [0.1, 0.15) is 51.4 Å². The highest BCUT2D eigenvalue weighted by Gasteiger charge is 2.14. The maximum absolute atomic E-state index is 5.45. The summed E-state index contributed by atoms with van der Waals surface area (Å²) in [6.45, 7) is 6.02. The second-order valence-electron chi connectivity index (χ2n) is 10.2. The summed E-state index contributed by atoms with van der Waals surface area (Å²) in [4.78, 5) is 9.80. The summed E-state index contributed by atoms with van der Waals surface area (Å²) in [6.07, 6.45) is 9.19. The molecule has 8 nitrogen and oxygen atoms in total. The maximum atomic E-state index is 5.45. The van der Waals surface area contributed by atoms with Crippen LogP contribution in [0.25, 0.3) is 0 Å². The molecule has 0 aromatic rings. The number of unbranched alkanes of at least 4 members (excludes halogenated alkanes) is 5. The Labute approximate surface area is 239 Å². The topological polar surface area (TPSA) is 61.6 Å². The standard InChI is InChI=1S/C26H44N4O4.2BrH/c1-29(2,19-11-13-21-31-25-15-23-33-27-25)17-9-7-5-6-8-10-18-30(3,4)20-12-14-22-32-26-16-24-34-28-26;;/h5-10,15-24H2,1-4H3;2*1H/q+2;;/p-2. The van der Waals surface area contributed by atoms with Gasteiger partial charge in [0.1, 0.15) is 26.3 Å². The fourth-order valence-corrected chi connectivity index (χ4v) is 3.62. The average Bonchev–Trinajstić information content (AvgIpc) is 3.49. The molecule has 0 fully saturated rings. The molecule has 0 saturated carbocycles. The molecule has 0 N–H and O–H groups in total. The smallest absolute Gasteiger partial charge is 0.230 e. The van der Waals surface area contributed by atoms with E-state index in [1.54, 1.807) is 0 Å². The second kappa shape index (κ2) is 19.6. The van der Waals surface area contributed by atoms with Gasteiger partial charge in [-0.05, 0) is 37.5 Å². The van der Waals surface area contributed by atoms with Crippen molar-refractivity contribution in [3.05, 3.63) is 0 Å². The van der Waals surface area contributed by atoms with Gasteiger partial charge in [0.05, 0.1) is 54.1 Å². The number of oxime groups is 2. The summed E-state index contributed by atoms with van der Waals surface area (Å²) in [5, 5.41) is 7.61. The highest BCUT2D eigenvalue weighted by Crippen LogP contribution is 2.10. The zero-order chi connectivity index (χ0) is 24.5. The molecule has 2 aliphatic rings. The van der Waals surface area contributed by atoms with Crippen LogP contribution in [0.2, 0.25) is 0 Å². The predicted molar refractivity (Wildman–Crippen MR) is 135 cm³/mol. The summed E-state index contributed by atoms with van der Waals surface area (Å²) in [5.41, 5.74) is 0. The van der Waals surface area contributed by atoms with Gasteiger partial charge in [0.25, 0.3) is 0 Å². The van der Waals surface area contributed by atoms with Gasteiger partial charge in [0.15, 0.2) is 13.2 Å². The van der Waals surface area contributed by atoms with Crippen LogP contribution in [0.4, 0.5) is 0 Å². The monoisotopic (exact) mass is 634 g/mol. The Morgan fingerprint density at radius 1 is 0.639 bits per heavy atom. The summed E-state index contributed by atoms with van der Waals surface area (Å²) >= 11 is 0. The number of rotatable bonds is 13. The van der Waals surface area contributed by atoms with Gasteiger partial charge in [-0.2, -0.15) is 0 Å². The summed E-state index contributed by atoms with van der Waals surface area (Å²) in [6, 6.07) is 0. The van der Waals surface area contributed by atoms with Gasteiger partial charge in [-0.1, -0.05) is 35.0 Å². The highest BCUT2D eigenvalue weighted by atomic mass is 79.9. The quantitative estimate of drug-likeness (QED) is 0.123. The lowest BCUT2D eigenvalue weighted by Crippen LogP contribution is -3.00. The lowest BCUT2D eigenvalue weighted by Gasteiger charge is -2.27. The van der Waals surface area contributed by atoms with E-state index in [9.17, 15) is 0 Å². The van der Waals surface area contributed by atoms with E-state index in [0.29, 0.717) is 38.2 Å². The van der Waals surface area contributed by atoms with Crippen LogP contribution < -0.4 is 34.0 Å². The van der Waals surface area contributed by atoms with Gasteiger partial charge in [-0.15, -0.1) is 0 Å². The lowest BCUT2D eigenvalue weighted by molar-refractivity contribution is -0.883. The van der Waals surface area contributed by atoms with Gasteiger partial charge in [-0.25, -0.2) is 0 Å². The minimum absolute atomic E-state index is 0. The van der Waals surface area contributed by atoms with Crippen LogP contribution in [0, 0.1) is 23.7 Å². The number of halogens is 2. The molecular formula is C26H44Br2N4O4. The van der Waals surface area contributed by atoms with Gasteiger partial charge in [0, 0.05) is 0 Å². The number of hydrogen-bond acceptors (Lipinski definition) is 6. The SMILES string of the molecule is C[N+](C)(CC#CCOC1=NOCC1)CCCCCCCC[N+](C)(C)CC#CCOC1=NOCC1.[Br-].[Br-]. The third-order valence-corrected chi connectivity index (χ3v) is 5.81. The minimum atomic E-state index is 0. The lowest BCUT2D eigenvalue weighted by atomic mass is 10.1. The fourth-order valence-electron chi connectivity index (χ4n) is 3.62. The van der Waals surface area contributed by atoms with Crippen molar-refractivity contribution in [2.75, 3.05) is 80.8 Å². The average molecular weight is 636 g/mol. The van der Waals surface area contributed by atoms with Crippen molar-refractivity contribution >= 4 is 11.8 Å². The largest absolute Gasteiger partial charge is 1.00 e. The van der Waals surface area contributed by atoms with Crippen molar-refractivity contribution < 1.29 is 62.1 Å². The first-order valence-electron chi connectivity index (χ1n) is 12.6. The predicted octanol–water partition coefficient (Wildman–Crippen LogP) is -3.00. The molecule has 0 spiro atoms. The highest BCUT2D eigenvalue weighted by molar-refractivity contribution is 5.77. The molecule has 0 amide bonds. The molecule has 2 heterocycles. The molecule has 0 radical (unpaired) electrons. The molecule has 2 aliphatic heterocycles. The number of nitrogens with zero attached hydrogens (tertiary/aromatic N) is 4. The molecule has 0 bridgehead atoms. The first kappa shape index (κ1) is 34.5. The molecule has 0 aromatic heterocycles. The Kier molecular flexibility index (Phi) is 18.8. The van der Waals surface area contributed by atoms with E-state index in [-0.39, 0.29) is 34.0 Å². The Morgan fingerprint density at radius 2 is 1.03 bits per heavy atom. The zero-order valence-electron chi connectivity index (χ0n) is 22.5. The van der Waals surface area contributed by atoms with E-state index in [2.05, 4.69) is 62.2 Å². The molecular weight excluding hydrogens is 592 g/mol. The maximum Gasteiger partial charge on any atom is 0.230 e. The van der Waals surface area contributed by atoms with E-state index >= 15 is 0 Å². The van der Waals surface area contributed by atoms with Crippen LogP contribution in [-0.2, 0) is 19.1 Å². The molecule has 2 rings (SSSR count). The molecule has 206 valence electrons. The van der Waals surface area contributed by atoms with Crippen LogP contribution in [-0.4, -0.2) is 102 Å². The van der Waals surface area contributed by atoms with Crippen molar-refractivity contribution in [2.24, 2.45) is 10.3 Å². The molecule has 0 unspecified atom stereocenters. The van der Waals surface area contributed by atoms with Crippen molar-refractivity contribution in [3.63, 3.8) is 0 Å². The van der Waals surface area contributed by atoms with Crippen molar-refractivity contribution in [1.82, 2.24) is 0 Å². The van der Waals surface area contributed by atoms with Crippen LogP contribution >= 0.6 is 0 Å². The molecule has 0 aliphatic carbocycles. The molecule has 0 aromatic carbocycles. The molecule has 0 saturated heterocycles. The van der Waals surface area contributed by atoms with Crippen LogP contribution in [0.15, 0.2) is 10.3 Å². The van der Waals surface area contributed by atoms with Crippen molar-refractivity contribution in [1.29, 1.82) is 0 Å². The Hall–Kier alpha value is -1.46. The van der Waals surface area contributed by atoms with Gasteiger partial charge in [-0.3, -0.25) is 0 Å². The Morgan fingerprint density at radius 3 is 1.39 bits per heavy atom. The number of hydrogen-bond donors (Lipinski definition) is 0. The normalized spacial score (nSPS) is 14.3. The van der Waals surface area contributed by atoms with E-state index in [1.165, 1.54) is 38.5 Å². The third-order valence-electron chi connectivity index (χ3n) is 5.81. The second-order valence-corrected chi connectivity index (χ2v) is 10.2. The first-order valence-corrected chi connectivity index (χ1v) is 12.6. The van der Waals surface area contributed by atoms with Gasteiger partial charge >= 0.3 is 0 Å². The van der Waals surface area contributed by atoms with E-state index in [0.717, 1.165) is 48.0 Å². The molecule has 36 heavy (non-hydrogen) atoms. The third kappa shape index (κ3) is 17.1. The van der Waals surface area contributed by atoms with E-state index in [1.807, 2.05) is 0 Å². The summed E-state index contributed by atoms with van der Waals surface area (Å²) in [7, 11) is 8.99. The number of ether oxygens (including phenoxy) is 2. The Bertz CT molecular complexity index is 729. The fraction of sp³-hybridized carbons (Fsp3) is 0.769. The van der Waals surface area contributed by atoms with Crippen molar-refractivity contribution in [2.45, 2.75) is 51.4 Å². The first-order chi connectivity index (χ1) is 16.4. The minimum Gasteiger partial charge on any atom is -1.00 e. The van der Waals surface area contributed by atoms with Crippen LogP contribution in [0.3, 0.4) is 0 Å². The summed E-state index contributed by atoms with van der Waals surface area (Å²) in [5.74, 6) is 14.0. The van der Waals surface area contributed by atoms with Gasteiger partial charge < -0.3 is 62.1 Å². The van der Waals surface area contributed by atoms with Crippen molar-refractivity contribution in [3.8, 4) is 23.7 Å².